The zero-order valence-corrected chi connectivity index (χ0v) is 11.8. The Hall–Kier alpha value is -2.05. The number of rotatable bonds is 4. The van der Waals surface area contributed by atoms with E-state index in [0.29, 0.717) is 10.6 Å². The molecule has 0 spiro atoms. The number of nitrogens with one attached hydrogen (secondary N) is 1. The van der Waals surface area contributed by atoms with Gasteiger partial charge in [-0.25, -0.2) is 4.39 Å². The summed E-state index contributed by atoms with van der Waals surface area (Å²) in [6.45, 7) is 2.04. The van der Waals surface area contributed by atoms with Gasteiger partial charge in [0.1, 0.15) is 5.82 Å². The van der Waals surface area contributed by atoms with Crippen molar-refractivity contribution in [2.45, 2.75) is 19.4 Å². The molecule has 1 atom stereocenters. The maximum atomic E-state index is 13.0. The lowest BCUT2D eigenvalue weighted by molar-refractivity contribution is 0.625. The monoisotopic (exact) mass is 288 g/mol. The highest BCUT2D eigenvalue weighted by Crippen LogP contribution is 2.28. The molecule has 1 unspecified atom stereocenters. The lowest BCUT2D eigenvalue weighted by atomic mass is 10.0. The third-order valence-electron chi connectivity index (χ3n) is 3.11. The Morgan fingerprint density at radius 1 is 1.25 bits per heavy atom. The molecule has 2 aromatic carbocycles. The fourth-order valence-electron chi connectivity index (χ4n) is 2.01. The molecule has 4 heteroatoms. The highest BCUT2D eigenvalue weighted by molar-refractivity contribution is 6.33. The van der Waals surface area contributed by atoms with Gasteiger partial charge in [0.25, 0.3) is 0 Å². The van der Waals surface area contributed by atoms with Crippen molar-refractivity contribution in [1.29, 1.82) is 5.26 Å². The molecule has 102 valence electrons. The summed E-state index contributed by atoms with van der Waals surface area (Å²) in [6.07, 6.45) is 0.835. The Labute approximate surface area is 122 Å². The molecular formula is C16H14ClFN2. The predicted octanol–water partition coefficient (Wildman–Crippen LogP) is 4.91. The number of halogens is 2. The van der Waals surface area contributed by atoms with Gasteiger partial charge in [0.15, 0.2) is 0 Å². The van der Waals surface area contributed by atoms with Crippen LogP contribution in [0.15, 0.2) is 42.5 Å². The first kappa shape index (κ1) is 14.4. The molecule has 20 heavy (non-hydrogen) atoms. The van der Waals surface area contributed by atoms with Gasteiger partial charge in [-0.3, -0.25) is 0 Å². The van der Waals surface area contributed by atoms with Crippen LogP contribution in [0.2, 0.25) is 5.02 Å². The van der Waals surface area contributed by atoms with E-state index in [2.05, 4.69) is 5.32 Å². The molecule has 2 nitrogen and oxygen atoms in total. The van der Waals surface area contributed by atoms with E-state index >= 15 is 0 Å². The Bertz CT molecular complexity index is 632. The summed E-state index contributed by atoms with van der Waals surface area (Å²) in [5.41, 5.74) is 2.28. The van der Waals surface area contributed by atoms with Crippen molar-refractivity contribution in [2.24, 2.45) is 0 Å². The van der Waals surface area contributed by atoms with Crippen molar-refractivity contribution in [2.75, 3.05) is 5.32 Å². The summed E-state index contributed by atoms with van der Waals surface area (Å²) < 4.78 is 13.0. The van der Waals surface area contributed by atoms with Crippen LogP contribution in [0.4, 0.5) is 10.1 Å². The number of benzene rings is 2. The molecule has 0 aromatic heterocycles. The molecule has 0 saturated carbocycles. The fourth-order valence-corrected chi connectivity index (χ4v) is 2.24. The minimum absolute atomic E-state index is 0.0426. The maximum absolute atomic E-state index is 13.0. The normalized spacial score (nSPS) is 11.7. The van der Waals surface area contributed by atoms with E-state index in [9.17, 15) is 4.39 Å². The third-order valence-corrected chi connectivity index (χ3v) is 3.42. The molecular weight excluding hydrogens is 275 g/mol. The van der Waals surface area contributed by atoms with Crippen LogP contribution in [0, 0.1) is 17.1 Å². The Morgan fingerprint density at radius 2 is 1.95 bits per heavy atom. The zero-order valence-electron chi connectivity index (χ0n) is 11.0. The molecule has 0 aliphatic carbocycles. The number of hydrogen-bond acceptors (Lipinski definition) is 2. The van der Waals surface area contributed by atoms with Crippen LogP contribution in [0.1, 0.15) is 30.5 Å². The molecule has 0 aliphatic heterocycles. The largest absolute Gasteiger partial charge is 0.377 e. The van der Waals surface area contributed by atoms with Crippen molar-refractivity contribution < 1.29 is 4.39 Å². The van der Waals surface area contributed by atoms with Crippen LogP contribution >= 0.6 is 11.6 Å². The molecule has 1 N–H and O–H groups in total. The van der Waals surface area contributed by atoms with Crippen LogP contribution in [0.5, 0.6) is 0 Å². The lowest BCUT2D eigenvalue weighted by Crippen LogP contribution is -2.10. The lowest BCUT2D eigenvalue weighted by Gasteiger charge is -2.19. The summed E-state index contributed by atoms with van der Waals surface area (Å²) in [5, 5.41) is 12.6. The summed E-state index contributed by atoms with van der Waals surface area (Å²) >= 11 is 6.15. The summed E-state index contributed by atoms with van der Waals surface area (Å²) in [7, 11) is 0. The average molecular weight is 289 g/mol. The molecule has 2 rings (SSSR count). The van der Waals surface area contributed by atoms with Crippen molar-refractivity contribution in [3.63, 3.8) is 0 Å². The fraction of sp³-hybridized carbons (Fsp3) is 0.188. The highest BCUT2D eigenvalue weighted by Gasteiger charge is 2.11. The second kappa shape index (κ2) is 6.40. The first-order valence-electron chi connectivity index (χ1n) is 6.35. The quantitative estimate of drug-likeness (QED) is 0.867. The Balaban J connectivity index is 2.22. The summed E-state index contributed by atoms with van der Waals surface area (Å²) in [4.78, 5) is 0. The van der Waals surface area contributed by atoms with E-state index in [-0.39, 0.29) is 11.9 Å². The molecule has 0 saturated heterocycles. The zero-order chi connectivity index (χ0) is 14.5. The van der Waals surface area contributed by atoms with Crippen molar-refractivity contribution in [1.82, 2.24) is 0 Å². The molecule has 0 heterocycles. The number of nitriles is 1. The van der Waals surface area contributed by atoms with Gasteiger partial charge in [0.05, 0.1) is 28.4 Å². The second-order valence-electron chi connectivity index (χ2n) is 4.46. The Morgan fingerprint density at radius 3 is 2.50 bits per heavy atom. The van der Waals surface area contributed by atoms with Crippen LogP contribution in [0.3, 0.4) is 0 Å². The van der Waals surface area contributed by atoms with Gasteiger partial charge in [-0.1, -0.05) is 30.7 Å². The van der Waals surface area contributed by atoms with Gasteiger partial charge in [0, 0.05) is 0 Å². The average Bonchev–Trinajstić information content (AvgIpc) is 2.47. The summed E-state index contributed by atoms with van der Waals surface area (Å²) in [5.74, 6) is -0.250. The topological polar surface area (TPSA) is 35.8 Å². The molecule has 0 fully saturated rings. The predicted molar refractivity (Wildman–Crippen MR) is 79.2 cm³/mol. The van der Waals surface area contributed by atoms with E-state index in [0.717, 1.165) is 17.7 Å². The van der Waals surface area contributed by atoms with Crippen LogP contribution in [-0.2, 0) is 0 Å². The Kier molecular flexibility index (Phi) is 4.60. The molecule has 0 aliphatic rings. The first-order chi connectivity index (χ1) is 9.63. The van der Waals surface area contributed by atoms with E-state index in [1.165, 1.54) is 12.1 Å². The van der Waals surface area contributed by atoms with Crippen LogP contribution in [0.25, 0.3) is 0 Å². The van der Waals surface area contributed by atoms with Gasteiger partial charge in [-0.2, -0.15) is 5.26 Å². The van der Waals surface area contributed by atoms with Crippen LogP contribution in [-0.4, -0.2) is 0 Å². The van der Waals surface area contributed by atoms with Gasteiger partial charge < -0.3 is 5.32 Å². The van der Waals surface area contributed by atoms with Crippen LogP contribution < -0.4 is 5.32 Å². The van der Waals surface area contributed by atoms with Gasteiger partial charge in [-0.05, 0) is 42.3 Å². The minimum atomic E-state index is -0.250. The van der Waals surface area contributed by atoms with Gasteiger partial charge >= 0.3 is 0 Å². The van der Waals surface area contributed by atoms with E-state index in [4.69, 9.17) is 16.9 Å². The molecule has 0 bridgehead atoms. The van der Waals surface area contributed by atoms with Crippen molar-refractivity contribution in [3.8, 4) is 6.07 Å². The van der Waals surface area contributed by atoms with Crippen molar-refractivity contribution in [3.05, 3.63) is 64.4 Å². The van der Waals surface area contributed by atoms with E-state index in [1.54, 1.807) is 30.3 Å². The minimum Gasteiger partial charge on any atom is -0.377 e. The van der Waals surface area contributed by atoms with Crippen molar-refractivity contribution >= 4 is 17.3 Å². The number of hydrogen-bond donors (Lipinski definition) is 1. The third kappa shape index (κ3) is 3.28. The first-order valence-corrected chi connectivity index (χ1v) is 6.73. The highest BCUT2D eigenvalue weighted by atomic mass is 35.5. The molecule has 0 amide bonds. The smallest absolute Gasteiger partial charge is 0.123 e. The second-order valence-corrected chi connectivity index (χ2v) is 4.87. The standard InChI is InChI=1S/C16H14ClFN2/c1-2-15(12-4-6-13(18)7-5-12)20-16-8-3-11(10-19)9-14(16)17/h3-9,15,20H,2H2,1H3. The SMILES string of the molecule is CCC(Nc1ccc(C#N)cc1Cl)c1ccc(F)cc1. The number of nitrogens with zero attached hydrogens (tertiary/aromatic N) is 1. The van der Waals surface area contributed by atoms with Gasteiger partial charge in [0.2, 0.25) is 0 Å². The maximum Gasteiger partial charge on any atom is 0.123 e. The van der Waals surface area contributed by atoms with E-state index < -0.39 is 0 Å². The van der Waals surface area contributed by atoms with Gasteiger partial charge in [-0.15, -0.1) is 0 Å². The molecule has 2 aromatic rings. The summed E-state index contributed by atoms with van der Waals surface area (Å²) in [6, 6.07) is 13.6. The van der Waals surface area contributed by atoms with E-state index in [1.807, 2.05) is 13.0 Å². The number of anilines is 1. The molecule has 0 radical (unpaired) electrons.